The summed E-state index contributed by atoms with van der Waals surface area (Å²) in [4.78, 5) is 0. The Kier molecular flexibility index (Phi) is 2.50. The SMILES string of the molecule is CCc1n[nH]nc1CC(C)(C)C. The molecule has 0 fully saturated rings. The number of hydrogen-bond donors (Lipinski definition) is 1. The van der Waals surface area contributed by atoms with Crippen LogP contribution in [0.1, 0.15) is 39.1 Å². The standard InChI is InChI=1S/C9H17N3/c1-5-7-8(11-12-10-7)6-9(2,3)4/h5-6H2,1-4H3,(H,10,11,12). The molecule has 0 radical (unpaired) electrons. The van der Waals surface area contributed by atoms with E-state index in [0.717, 1.165) is 24.2 Å². The molecule has 0 aliphatic carbocycles. The van der Waals surface area contributed by atoms with Gasteiger partial charge in [0, 0.05) is 0 Å². The molecule has 0 bridgehead atoms. The third-order valence-corrected chi connectivity index (χ3v) is 1.74. The highest BCUT2D eigenvalue weighted by Crippen LogP contribution is 2.20. The minimum Gasteiger partial charge on any atom is -0.197 e. The molecule has 68 valence electrons. The summed E-state index contributed by atoms with van der Waals surface area (Å²) in [6.45, 7) is 8.73. The van der Waals surface area contributed by atoms with Crippen LogP contribution in [-0.2, 0) is 12.8 Å². The Labute approximate surface area is 73.6 Å². The monoisotopic (exact) mass is 167 g/mol. The number of H-pyrrole nitrogens is 1. The molecule has 0 saturated carbocycles. The van der Waals surface area contributed by atoms with Crippen LogP contribution >= 0.6 is 0 Å². The Morgan fingerprint density at radius 1 is 1.17 bits per heavy atom. The fraction of sp³-hybridized carbons (Fsp3) is 0.778. The molecule has 0 saturated heterocycles. The van der Waals surface area contributed by atoms with Gasteiger partial charge >= 0.3 is 0 Å². The zero-order valence-electron chi connectivity index (χ0n) is 8.31. The Balaban J connectivity index is 2.75. The van der Waals surface area contributed by atoms with Crippen molar-refractivity contribution in [3.05, 3.63) is 11.4 Å². The number of aryl methyl sites for hydroxylation is 1. The third kappa shape index (κ3) is 2.32. The summed E-state index contributed by atoms with van der Waals surface area (Å²) >= 11 is 0. The molecule has 0 amide bonds. The van der Waals surface area contributed by atoms with Crippen LogP contribution in [0.25, 0.3) is 0 Å². The molecule has 0 aliphatic heterocycles. The largest absolute Gasteiger partial charge is 0.197 e. The van der Waals surface area contributed by atoms with Crippen molar-refractivity contribution in [1.29, 1.82) is 0 Å². The molecule has 0 aliphatic rings. The smallest absolute Gasteiger partial charge is 0.0861 e. The lowest BCUT2D eigenvalue weighted by Crippen LogP contribution is -2.10. The zero-order chi connectivity index (χ0) is 9.19. The number of hydrogen-bond acceptors (Lipinski definition) is 2. The molecule has 0 unspecified atom stereocenters. The molecule has 12 heavy (non-hydrogen) atoms. The number of aromatic nitrogens is 3. The second kappa shape index (κ2) is 3.25. The van der Waals surface area contributed by atoms with Gasteiger partial charge in [-0.15, -0.1) is 0 Å². The van der Waals surface area contributed by atoms with Gasteiger partial charge in [0.15, 0.2) is 0 Å². The highest BCUT2D eigenvalue weighted by Gasteiger charge is 2.15. The first-order chi connectivity index (χ1) is 5.53. The van der Waals surface area contributed by atoms with Gasteiger partial charge in [-0.3, -0.25) is 0 Å². The lowest BCUT2D eigenvalue weighted by atomic mass is 9.90. The Hall–Kier alpha value is -0.860. The van der Waals surface area contributed by atoms with Gasteiger partial charge in [-0.2, -0.15) is 15.4 Å². The van der Waals surface area contributed by atoms with Crippen LogP contribution in [0.4, 0.5) is 0 Å². The molecular weight excluding hydrogens is 150 g/mol. The lowest BCUT2D eigenvalue weighted by molar-refractivity contribution is 0.404. The molecule has 0 aromatic carbocycles. The maximum Gasteiger partial charge on any atom is 0.0861 e. The first kappa shape index (κ1) is 9.23. The summed E-state index contributed by atoms with van der Waals surface area (Å²) in [5.74, 6) is 0. The van der Waals surface area contributed by atoms with Crippen LogP contribution in [0.3, 0.4) is 0 Å². The average molecular weight is 167 g/mol. The van der Waals surface area contributed by atoms with Crippen molar-refractivity contribution < 1.29 is 0 Å². The summed E-state index contributed by atoms with van der Waals surface area (Å²) < 4.78 is 0. The van der Waals surface area contributed by atoms with E-state index in [-0.39, 0.29) is 0 Å². The molecule has 3 nitrogen and oxygen atoms in total. The molecule has 0 spiro atoms. The number of nitrogens with one attached hydrogen (secondary N) is 1. The predicted molar refractivity (Wildman–Crippen MR) is 48.9 cm³/mol. The average Bonchev–Trinajstić information content (AvgIpc) is 2.31. The molecular formula is C9H17N3. The number of nitrogens with zero attached hydrogens (tertiary/aromatic N) is 2. The van der Waals surface area contributed by atoms with E-state index >= 15 is 0 Å². The zero-order valence-corrected chi connectivity index (χ0v) is 8.31. The maximum absolute atomic E-state index is 4.14. The lowest BCUT2D eigenvalue weighted by Gasteiger charge is -2.16. The molecule has 1 aromatic rings. The Bertz CT molecular complexity index is 245. The summed E-state index contributed by atoms with van der Waals surface area (Å²) in [6.07, 6.45) is 1.95. The molecule has 1 N–H and O–H groups in total. The predicted octanol–water partition coefficient (Wildman–Crippen LogP) is 1.96. The van der Waals surface area contributed by atoms with Crippen LogP contribution in [0.2, 0.25) is 0 Å². The first-order valence-electron chi connectivity index (χ1n) is 4.41. The maximum atomic E-state index is 4.14. The van der Waals surface area contributed by atoms with Crippen molar-refractivity contribution in [2.75, 3.05) is 0 Å². The van der Waals surface area contributed by atoms with Gasteiger partial charge in [-0.25, -0.2) is 0 Å². The minimum atomic E-state index is 0.292. The first-order valence-corrected chi connectivity index (χ1v) is 4.41. The van der Waals surface area contributed by atoms with Gasteiger partial charge in [0.2, 0.25) is 0 Å². The summed E-state index contributed by atoms with van der Waals surface area (Å²) in [6, 6.07) is 0. The van der Waals surface area contributed by atoms with Gasteiger partial charge in [0.05, 0.1) is 11.4 Å². The minimum absolute atomic E-state index is 0.292. The van der Waals surface area contributed by atoms with Crippen molar-refractivity contribution in [3.63, 3.8) is 0 Å². The van der Waals surface area contributed by atoms with E-state index in [1.807, 2.05) is 0 Å². The third-order valence-electron chi connectivity index (χ3n) is 1.74. The van der Waals surface area contributed by atoms with Gasteiger partial charge in [0.1, 0.15) is 0 Å². The van der Waals surface area contributed by atoms with E-state index in [9.17, 15) is 0 Å². The van der Waals surface area contributed by atoms with E-state index in [1.165, 1.54) is 0 Å². The highest BCUT2D eigenvalue weighted by molar-refractivity contribution is 5.09. The second-order valence-electron chi connectivity index (χ2n) is 4.31. The van der Waals surface area contributed by atoms with E-state index in [4.69, 9.17) is 0 Å². The fourth-order valence-corrected chi connectivity index (χ4v) is 1.20. The normalized spacial score (nSPS) is 12.0. The molecule has 1 rings (SSSR count). The van der Waals surface area contributed by atoms with Gasteiger partial charge in [-0.05, 0) is 18.3 Å². The van der Waals surface area contributed by atoms with Crippen molar-refractivity contribution in [1.82, 2.24) is 15.4 Å². The van der Waals surface area contributed by atoms with Gasteiger partial charge < -0.3 is 0 Å². The van der Waals surface area contributed by atoms with Crippen molar-refractivity contribution >= 4 is 0 Å². The molecule has 1 heterocycles. The Morgan fingerprint density at radius 2 is 1.75 bits per heavy atom. The van der Waals surface area contributed by atoms with Crippen molar-refractivity contribution in [3.8, 4) is 0 Å². The van der Waals surface area contributed by atoms with Crippen LogP contribution in [0, 0.1) is 5.41 Å². The van der Waals surface area contributed by atoms with Crippen molar-refractivity contribution in [2.24, 2.45) is 5.41 Å². The van der Waals surface area contributed by atoms with Crippen LogP contribution in [0.5, 0.6) is 0 Å². The number of rotatable bonds is 2. The van der Waals surface area contributed by atoms with Crippen LogP contribution in [-0.4, -0.2) is 15.4 Å². The summed E-state index contributed by atoms with van der Waals surface area (Å²) in [7, 11) is 0. The molecule has 1 aromatic heterocycles. The molecule has 0 atom stereocenters. The Morgan fingerprint density at radius 3 is 2.25 bits per heavy atom. The topological polar surface area (TPSA) is 41.6 Å². The summed E-state index contributed by atoms with van der Waals surface area (Å²) in [5.41, 5.74) is 2.51. The van der Waals surface area contributed by atoms with Crippen molar-refractivity contribution in [2.45, 2.75) is 40.5 Å². The fourth-order valence-electron chi connectivity index (χ4n) is 1.20. The second-order valence-corrected chi connectivity index (χ2v) is 4.31. The summed E-state index contributed by atoms with van der Waals surface area (Å²) in [5, 5.41) is 10.9. The van der Waals surface area contributed by atoms with Crippen LogP contribution in [0.15, 0.2) is 0 Å². The van der Waals surface area contributed by atoms with E-state index in [2.05, 4.69) is 43.1 Å². The van der Waals surface area contributed by atoms with Gasteiger partial charge in [0.25, 0.3) is 0 Å². The number of aromatic amines is 1. The highest BCUT2D eigenvalue weighted by atomic mass is 15.3. The van der Waals surface area contributed by atoms with E-state index in [0.29, 0.717) is 5.41 Å². The van der Waals surface area contributed by atoms with Crippen LogP contribution < -0.4 is 0 Å². The quantitative estimate of drug-likeness (QED) is 0.731. The van der Waals surface area contributed by atoms with E-state index in [1.54, 1.807) is 0 Å². The molecule has 3 heteroatoms. The van der Waals surface area contributed by atoms with Gasteiger partial charge in [-0.1, -0.05) is 27.7 Å². The van der Waals surface area contributed by atoms with E-state index < -0.39 is 0 Å².